The van der Waals surface area contributed by atoms with Crippen LogP contribution in [0.2, 0.25) is 0 Å². The van der Waals surface area contributed by atoms with Gasteiger partial charge in [0.1, 0.15) is 18.1 Å². The molecule has 0 spiro atoms. The molecule has 5 atom stereocenters. The molecule has 0 aliphatic rings. The van der Waals surface area contributed by atoms with Gasteiger partial charge in [-0.25, -0.2) is 4.79 Å². The number of amides is 3. The van der Waals surface area contributed by atoms with Crippen LogP contribution in [0.1, 0.15) is 40.5 Å². The number of hydrogen-bond donors (Lipinski definition) is 7. The molecular weight excluding hydrogens is 400 g/mol. The van der Waals surface area contributed by atoms with Crippen LogP contribution in [0.5, 0.6) is 0 Å². The summed E-state index contributed by atoms with van der Waals surface area (Å²) in [6, 6.07) is -5.33. The maximum absolute atomic E-state index is 12.5. The summed E-state index contributed by atoms with van der Waals surface area (Å²) >= 11 is 0. The smallest absolute Gasteiger partial charge is 0.326 e. The Labute approximate surface area is 174 Å². The average molecular weight is 432 g/mol. The SMILES string of the molecule is CCC(C)C(NC(=O)C(CO)NC(=O)C(CC(=O)O)NC(=O)C(N)C(C)C)C(=O)O. The van der Waals surface area contributed by atoms with E-state index >= 15 is 0 Å². The molecule has 0 saturated carbocycles. The zero-order valence-corrected chi connectivity index (χ0v) is 17.5. The summed E-state index contributed by atoms with van der Waals surface area (Å²) in [6.45, 7) is 5.81. The highest BCUT2D eigenvalue weighted by Crippen LogP contribution is 2.08. The quantitative estimate of drug-likeness (QED) is 0.172. The monoisotopic (exact) mass is 432 g/mol. The number of carboxylic acid groups (broad SMARTS) is 2. The molecule has 12 heteroatoms. The van der Waals surface area contributed by atoms with Crippen LogP contribution in [-0.2, 0) is 24.0 Å². The van der Waals surface area contributed by atoms with Gasteiger partial charge in [-0.3, -0.25) is 19.2 Å². The average Bonchev–Trinajstić information content (AvgIpc) is 2.67. The van der Waals surface area contributed by atoms with Crippen molar-refractivity contribution in [2.75, 3.05) is 6.61 Å². The molecule has 8 N–H and O–H groups in total. The third-order valence-electron chi connectivity index (χ3n) is 4.63. The maximum Gasteiger partial charge on any atom is 0.326 e. The first-order chi connectivity index (χ1) is 13.8. The molecule has 0 aromatic heterocycles. The van der Waals surface area contributed by atoms with Crippen molar-refractivity contribution in [1.82, 2.24) is 16.0 Å². The van der Waals surface area contributed by atoms with Crippen molar-refractivity contribution >= 4 is 29.7 Å². The molecule has 0 saturated heterocycles. The van der Waals surface area contributed by atoms with Gasteiger partial charge in [-0.05, 0) is 11.8 Å². The number of aliphatic hydroxyl groups excluding tert-OH is 1. The molecule has 0 aliphatic heterocycles. The molecule has 0 radical (unpaired) electrons. The molecule has 30 heavy (non-hydrogen) atoms. The van der Waals surface area contributed by atoms with Crippen LogP contribution < -0.4 is 21.7 Å². The normalized spacial score (nSPS) is 16.0. The summed E-state index contributed by atoms with van der Waals surface area (Å²) in [5.74, 6) is -6.11. The van der Waals surface area contributed by atoms with Crippen molar-refractivity contribution in [3.8, 4) is 0 Å². The molecule has 0 aromatic rings. The summed E-state index contributed by atoms with van der Waals surface area (Å²) in [5, 5.41) is 34.3. The second kappa shape index (κ2) is 12.8. The van der Waals surface area contributed by atoms with Crippen LogP contribution in [0.3, 0.4) is 0 Å². The summed E-state index contributed by atoms with van der Waals surface area (Å²) in [7, 11) is 0. The molecule has 0 rings (SSSR count). The van der Waals surface area contributed by atoms with E-state index < -0.39 is 72.8 Å². The first-order valence-electron chi connectivity index (χ1n) is 9.57. The fourth-order valence-electron chi connectivity index (χ4n) is 2.36. The fraction of sp³-hybridized carbons (Fsp3) is 0.722. The highest BCUT2D eigenvalue weighted by atomic mass is 16.4. The van der Waals surface area contributed by atoms with Crippen LogP contribution in [0.4, 0.5) is 0 Å². The van der Waals surface area contributed by atoms with E-state index in [1.807, 2.05) is 0 Å². The standard InChI is InChI=1S/C18H32N4O8/c1-5-9(4)14(18(29)30)22-16(27)11(7-23)21-15(26)10(6-12(24)25)20-17(28)13(19)8(2)3/h8-11,13-14,23H,5-7,19H2,1-4H3,(H,20,28)(H,21,26)(H,22,27)(H,24,25)(H,29,30). The minimum atomic E-state index is -1.55. The van der Waals surface area contributed by atoms with E-state index in [0.29, 0.717) is 6.42 Å². The van der Waals surface area contributed by atoms with Crippen molar-refractivity contribution in [3.63, 3.8) is 0 Å². The van der Waals surface area contributed by atoms with Crippen molar-refractivity contribution in [1.29, 1.82) is 0 Å². The summed E-state index contributed by atoms with van der Waals surface area (Å²) in [5.41, 5.74) is 5.69. The van der Waals surface area contributed by atoms with Crippen molar-refractivity contribution in [2.45, 2.75) is 64.7 Å². The number of carbonyl (C=O) groups excluding carboxylic acids is 3. The number of rotatable bonds is 13. The van der Waals surface area contributed by atoms with E-state index in [2.05, 4.69) is 16.0 Å². The lowest BCUT2D eigenvalue weighted by atomic mass is 9.99. The number of aliphatic hydroxyl groups is 1. The van der Waals surface area contributed by atoms with Gasteiger partial charge in [0.25, 0.3) is 0 Å². The van der Waals surface area contributed by atoms with Gasteiger partial charge in [-0.2, -0.15) is 0 Å². The first kappa shape index (κ1) is 27.3. The molecule has 3 amide bonds. The molecule has 0 aromatic carbocycles. The molecule has 0 heterocycles. The van der Waals surface area contributed by atoms with Crippen LogP contribution in [0.25, 0.3) is 0 Å². The minimum Gasteiger partial charge on any atom is -0.481 e. The lowest BCUT2D eigenvalue weighted by Crippen LogP contribution is -2.59. The lowest BCUT2D eigenvalue weighted by Gasteiger charge is -2.25. The first-order valence-corrected chi connectivity index (χ1v) is 9.57. The molecule has 0 bridgehead atoms. The Balaban J connectivity index is 5.32. The number of carboxylic acids is 2. The minimum absolute atomic E-state index is 0.275. The molecule has 0 aliphatic carbocycles. The predicted molar refractivity (Wildman–Crippen MR) is 105 cm³/mol. The van der Waals surface area contributed by atoms with Crippen molar-refractivity contribution in [3.05, 3.63) is 0 Å². The number of aliphatic carboxylic acids is 2. The van der Waals surface area contributed by atoms with E-state index in [1.165, 1.54) is 0 Å². The second-order valence-electron chi connectivity index (χ2n) is 7.38. The van der Waals surface area contributed by atoms with E-state index in [-0.39, 0.29) is 5.92 Å². The highest BCUT2D eigenvalue weighted by molar-refractivity contribution is 5.95. The van der Waals surface area contributed by atoms with Gasteiger partial charge in [-0.15, -0.1) is 0 Å². The molecule has 172 valence electrons. The third kappa shape index (κ3) is 8.74. The third-order valence-corrected chi connectivity index (χ3v) is 4.63. The lowest BCUT2D eigenvalue weighted by molar-refractivity contribution is -0.144. The Morgan fingerprint density at radius 1 is 0.867 bits per heavy atom. The van der Waals surface area contributed by atoms with Gasteiger partial charge in [0.05, 0.1) is 19.1 Å². The van der Waals surface area contributed by atoms with Crippen LogP contribution >= 0.6 is 0 Å². The number of hydrogen-bond acceptors (Lipinski definition) is 7. The Bertz CT molecular complexity index is 640. The Morgan fingerprint density at radius 3 is 1.77 bits per heavy atom. The Hall–Kier alpha value is -2.73. The van der Waals surface area contributed by atoms with Crippen LogP contribution in [-0.4, -0.2) is 75.8 Å². The highest BCUT2D eigenvalue weighted by Gasteiger charge is 2.32. The topological polar surface area (TPSA) is 208 Å². The van der Waals surface area contributed by atoms with Gasteiger partial charge < -0.3 is 37.0 Å². The van der Waals surface area contributed by atoms with Crippen LogP contribution in [0, 0.1) is 11.8 Å². The number of carbonyl (C=O) groups is 5. The van der Waals surface area contributed by atoms with Crippen LogP contribution in [0.15, 0.2) is 0 Å². The Morgan fingerprint density at radius 2 is 1.37 bits per heavy atom. The van der Waals surface area contributed by atoms with Gasteiger partial charge in [0, 0.05) is 0 Å². The van der Waals surface area contributed by atoms with Gasteiger partial charge in [0.15, 0.2) is 0 Å². The molecule has 0 fully saturated rings. The van der Waals surface area contributed by atoms with E-state index in [0.717, 1.165) is 0 Å². The van der Waals surface area contributed by atoms with Crippen molar-refractivity contribution in [2.24, 2.45) is 17.6 Å². The number of nitrogens with two attached hydrogens (primary N) is 1. The predicted octanol–water partition coefficient (Wildman–Crippen LogP) is -1.98. The zero-order valence-electron chi connectivity index (χ0n) is 17.5. The van der Waals surface area contributed by atoms with Gasteiger partial charge in [0.2, 0.25) is 17.7 Å². The van der Waals surface area contributed by atoms with E-state index in [1.54, 1.807) is 27.7 Å². The summed E-state index contributed by atoms with van der Waals surface area (Å²) < 4.78 is 0. The van der Waals surface area contributed by atoms with E-state index in [4.69, 9.17) is 10.8 Å². The van der Waals surface area contributed by atoms with Crippen molar-refractivity contribution < 1.29 is 39.3 Å². The largest absolute Gasteiger partial charge is 0.481 e. The summed E-state index contributed by atoms with van der Waals surface area (Å²) in [4.78, 5) is 59.3. The number of nitrogens with one attached hydrogen (secondary N) is 3. The maximum atomic E-state index is 12.5. The summed E-state index contributed by atoms with van der Waals surface area (Å²) in [6.07, 6.45) is -0.330. The zero-order chi connectivity index (χ0) is 23.6. The second-order valence-corrected chi connectivity index (χ2v) is 7.38. The van der Waals surface area contributed by atoms with Gasteiger partial charge >= 0.3 is 11.9 Å². The molecule has 12 nitrogen and oxygen atoms in total. The molecular formula is C18H32N4O8. The molecule has 5 unspecified atom stereocenters. The van der Waals surface area contributed by atoms with Gasteiger partial charge in [-0.1, -0.05) is 34.1 Å². The fourth-order valence-corrected chi connectivity index (χ4v) is 2.36. The Kier molecular flexibility index (Phi) is 11.6. The van der Waals surface area contributed by atoms with E-state index in [9.17, 15) is 34.2 Å².